The smallest absolute Gasteiger partial charge is 0.0761 e. The fraction of sp³-hybridized carbons (Fsp3) is 0.118. The van der Waals surface area contributed by atoms with Crippen LogP contribution >= 0.6 is 11.6 Å². The summed E-state index contributed by atoms with van der Waals surface area (Å²) in [6.07, 6.45) is 1.80. The number of fused-ring (bicyclic) bond motifs is 1. The molecular formula is C17H15ClN2. The van der Waals surface area contributed by atoms with Crippen molar-refractivity contribution in [1.82, 2.24) is 10.3 Å². The summed E-state index contributed by atoms with van der Waals surface area (Å²) < 4.78 is 0. The lowest BCUT2D eigenvalue weighted by Crippen LogP contribution is -2.13. The van der Waals surface area contributed by atoms with Crippen LogP contribution in [0.3, 0.4) is 0 Å². The quantitative estimate of drug-likeness (QED) is 0.776. The summed E-state index contributed by atoms with van der Waals surface area (Å²) >= 11 is 6.20. The Morgan fingerprint density at radius 2 is 1.75 bits per heavy atom. The molecule has 3 aromatic rings. The number of hydrogen-bond donors (Lipinski definition) is 1. The number of nitrogens with zero attached hydrogens (tertiary/aromatic N) is 1. The van der Waals surface area contributed by atoms with Gasteiger partial charge in [0.2, 0.25) is 0 Å². The molecule has 0 atom stereocenters. The lowest BCUT2D eigenvalue weighted by atomic mass is 10.1. The number of halogens is 1. The zero-order valence-corrected chi connectivity index (χ0v) is 11.8. The molecule has 0 bridgehead atoms. The Morgan fingerprint density at radius 1 is 0.900 bits per heavy atom. The first-order valence-corrected chi connectivity index (χ1v) is 6.99. The maximum atomic E-state index is 6.20. The second-order valence-electron chi connectivity index (χ2n) is 4.70. The standard InChI is InChI=1S/C17H15ClN2/c18-16-9-8-14(17-15(16)7-4-10-20-17)12-19-11-13-5-2-1-3-6-13/h1-10,19H,11-12H2. The van der Waals surface area contributed by atoms with Crippen LogP contribution in [0.25, 0.3) is 10.9 Å². The van der Waals surface area contributed by atoms with Gasteiger partial charge in [-0.15, -0.1) is 0 Å². The third-order valence-electron chi connectivity index (χ3n) is 3.29. The monoisotopic (exact) mass is 282 g/mol. The number of aromatic nitrogens is 1. The predicted octanol–water partition coefficient (Wildman–Crippen LogP) is 4.18. The molecule has 0 spiro atoms. The van der Waals surface area contributed by atoms with Gasteiger partial charge in [0, 0.05) is 29.7 Å². The molecule has 1 aromatic heterocycles. The van der Waals surface area contributed by atoms with E-state index in [9.17, 15) is 0 Å². The van der Waals surface area contributed by atoms with E-state index in [2.05, 4.69) is 34.6 Å². The molecule has 3 heteroatoms. The molecule has 3 rings (SSSR count). The number of benzene rings is 2. The van der Waals surface area contributed by atoms with E-state index in [1.54, 1.807) is 6.20 Å². The number of pyridine rings is 1. The molecule has 0 fully saturated rings. The zero-order chi connectivity index (χ0) is 13.8. The maximum absolute atomic E-state index is 6.20. The lowest BCUT2D eigenvalue weighted by molar-refractivity contribution is 0.696. The number of hydrogen-bond acceptors (Lipinski definition) is 2. The van der Waals surface area contributed by atoms with Gasteiger partial charge in [-0.3, -0.25) is 4.98 Å². The fourth-order valence-electron chi connectivity index (χ4n) is 2.28. The van der Waals surface area contributed by atoms with Crippen molar-refractivity contribution in [2.75, 3.05) is 0 Å². The van der Waals surface area contributed by atoms with E-state index in [-0.39, 0.29) is 0 Å². The largest absolute Gasteiger partial charge is 0.309 e. The van der Waals surface area contributed by atoms with Gasteiger partial charge in [-0.2, -0.15) is 0 Å². The molecule has 0 amide bonds. The molecule has 2 nitrogen and oxygen atoms in total. The minimum absolute atomic E-state index is 0.750. The first-order valence-electron chi connectivity index (χ1n) is 6.61. The van der Waals surface area contributed by atoms with Crippen LogP contribution in [0.4, 0.5) is 0 Å². The van der Waals surface area contributed by atoms with Crippen LogP contribution in [0, 0.1) is 0 Å². The Morgan fingerprint density at radius 3 is 2.60 bits per heavy atom. The van der Waals surface area contributed by atoms with E-state index >= 15 is 0 Å². The van der Waals surface area contributed by atoms with Gasteiger partial charge in [0.1, 0.15) is 0 Å². The van der Waals surface area contributed by atoms with E-state index in [1.807, 2.05) is 30.3 Å². The molecule has 0 radical (unpaired) electrons. The Balaban J connectivity index is 1.77. The average Bonchev–Trinajstić information content (AvgIpc) is 2.51. The summed E-state index contributed by atoms with van der Waals surface area (Å²) in [4.78, 5) is 4.44. The molecule has 0 saturated heterocycles. The summed E-state index contributed by atoms with van der Waals surface area (Å²) in [5.74, 6) is 0. The van der Waals surface area contributed by atoms with Crippen LogP contribution in [-0.2, 0) is 13.1 Å². The Labute approximate surface area is 123 Å². The van der Waals surface area contributed by atoms with E-state index < -0.39 is 0 Å². The molecule has 0 aliphatic heterocycles. The molecular weight excluding hydrogens is 268 g/mol. The van der Waals surface area contributed by atoms with Crippen LogP contribution in [0.15, 0.2) is 60.8 Å². The van der Waals surface area contributed by atoms with Crippen molar-refractivity contribution in [3.8, 4) is 0 Å². The maximum Gasteiger partial charge on any atom is 0.0761 e. The van der Waals surface area contributed by atoms with Gasteiger partial charge in [-0.1, -0.05) is 48.0 Å². The lowest BCUT2D eigenvalue weighted by Gasteiger charge is -2.08. The van der Waals surface area contributed by atoms with Crippen molar-refractivity contribution in [2.24, 2.45) is 0 Å². The molecule has 2 aromatic carbocycles. The van der Waals surface area contributed by atoms with Crippen molar-refractivity contribution >= 4 is 22.5 Å². The minimum atomic E-state index is 0.750. The highest BCUT2D eigenvalue weighted by Gasteiger charge is 2.05. The molecule has 20 heavy (non-hydrogen) atoms. The van der Waals surface area contributed by atoms with Crippen molar-refractivity contribution in [2.45, 2.75) is 13.1 Å². The number of rotatable bonds is 4. The van der Waals surface area contributed by atoms with Gasteiger partial charge >= 0.3 is 0 Å². The summed E-state index contributed by atoms with van der Waals surface area (Å²) in [5.41, 5.74) is 3.42. The number of nitrogens with one attached hydrogen (secondary N) is 1. The van der Waals surface area contributed by atoms with Gasteiger partial charge in [0.25, 0.3) is 0 Å². The Kier molecular flexibility index (Phi) is 3.95. The third-order valence-corrected chi connectivity index (χ3v) is 3.62. The second-order valence-corrected chi connectivity index (χ2v) is 5.10. The van der Waals surface area contributed by atoms with Crippen LogP contribution in [0.2, 0.25) is 5.02 Å². The van der Waals surface area contributed by atoms with Gasteiger partial charge in [-0.05, 0) is 29.3 Å². The molecule has 0 saturated carbocycles. The van der Waals surface area contributed by atoms with Gasteiger partial charge in [0.15, 0.2) is 0 Å². The molecule has 0 unspecified atom stereocenters. The molecule has 0 aliphatic rings. The summed E-state index contributed by atoms with van der Waals surface area (Å²) in [7, 11) is 0. The van der Waals surface area contributed by atoms with Crippen LogP contribution in [0.1, 0.15) is 11.1 Å². The molecule has 0 aliphatic carbocycles. The third kappa shape index (κ3) is 2.82. The van der Waals surface area contributed by atoms with Crippen LogP contribution in [0.5, 0.6) is 0 Å². The van der Waals surface area contributed by atoms with Crippen molar-refractivity contribution in [3.05, 3.63) is 76.9 Å². The highest BCUT2D eigenvalue weighted by atomic mass is 35.5. The summed E-state index contributed by atoms with van der Waals surface area (Å²) in [6.45, 7) is 1.62. The Bertz CT molecular complexity index is 711. The zero-order valence-electron chi connectivity index (χ0n) is 11.0. The van der Waals surface area contributed by atoms with Crippen molar-refractivity contribution in [3.63, 3.8) is 0 Å². The van der Waals surface area contributed by atoms with Gasteiger partial charge in [-0.25, -0.2) is 0 Å². The first-order chi connectivity index (χ1) is 9.84. The van der Waals surface area contributed by atoms with E-state index in [0.717, 1.165) is 29.0 Å². The van der Waals surface area contributed by atoms with E-state index in [4.69, 9.17) is 11.6 Å². The average molecular weight is 283 g/mol. The van der Waals surface area contributed by atoms with Gasteiger partial charge < -0.3 is 5.32 Å². The topological polar surface area (TPSA) is 24.9 Å². The second kappa shape index (κ2) is 6.04. The minimum Gasteiger partial charge on any atom is -0.309 e. The highest BCUT2D eigenvalue weighted by molar-refractivity contribution is 6.35. The predicted molar refractivity (Wildman–Crippen MR) is 83.7 cm³/mol. The summed E-state index contributed by atoms with van der Waals surface area (Å²) in [6, 6.07) is 18.3. The van der Waals surface area contributed by atoms with Gasteiger partial charge in [0.05, 0.1) is 5.52 Å². The van der Waals surface area contributed by atoms with Crippen LogP contribution < -0.4 is 5.32 Å². The molecule has 100 valence electrons. The first kappa shape index (κ1) is 13.1. The highest BCUT2D eigenvalue weighted by Crippen LogP contribution is 2.24. The normalized spacial score (nSPS) is 10.8. The van der Waals surface area contributed by atoms with Crippen molar-refractivity contribution in [1.29, 1.82) is 0 Å². The molecule has 1 heterocycles. The van der Waals surface area contributed by atoms with Crippen LogP contribution in [-0.4, -0.2) is 4.98 Å². The van der Waals surface area contributed by atoms with Crippen molar-refractivity contribution < 1.29 is 0 Å². The van der Waals surface area contributed by atoms with E-state index in [1.165, 1.54) is 11.1 Å². The van der Waals surface area contributed by atoms with E-state index in [0.29, 0.717) is 0 Å². The molecule has 1 N–H and O–H groups in total. The summed E-state index contributed by atoms with van der Waals surface area (Å²) in [5, 5.41) is 5.20. The fourth-order valence-corrected chi connectivity index (χ4v) is 2.49. The SMILES string of the molecule is Clc1ccc(CNCc2ccccc2)c2ncccc12. The Hall–Kier alpha value is -1.90.